The molecular formula is C24H23N5O3. The molecular weight excluding hydrogens is 406 g/mol. The number of nitrogens with one attached hydrogen (secondary N) is 2. The summed E-state index contributed by atoms with van der Waals surface area (Å²) in [7, 11) is 0. The summed E-state index contributed by atoms with van der Waals surface area (Å²) in [5.74, 6) is 0.776. The molecule has 1 fully saturated rings. The zero-order valence-electron chi connectivity index (χ0n) is 17.4. The Morgan fingerprint density at radius 3 is 2.62 bits per heavy atom. The number of hydrogen-bond donors (Lipinski definition) is 2. The number of ether oxygens (including phenoxy) is 1. The number of benzene rings is 2. The molecule has 8 nitrogen and oxygen atoms in total. The van der Waals surface area contributed by atoms with Gasteiger partial charge in [-0.2, -0.15) is 4.98 Å². The SMILES string of the molecule is O=C(NCCNc1nc2ncccc2o1)c1ccc(N2CC(Oc3ccccc3)C2)cc1. The fourth-order valence-corrected chi connectivity index (χ4v) is 3.53. The third-order valence-electron chi connectivity index (χ3n) is 5.24. The molecule has 0 spiro atoms. The van der Waals surface area contributed by atoms with Gasteiger partial charge in [0.05, 0.1) is 13.1 Å². The van der Waals surface area contributed by atoms with Crippen LogP contribution in [0.15, 0.2) is 77.3 Å². The van der Waals surface area contributed by atoms with Crippen molar-refractivity contribution >= 4 is 28.8 Å². The van der Waals surface area contributed by atoms with Crippen LogP contribution in [0.4, 0.5) is 11.7 Å². The van der Waals surface area contributed by atoms with Crippen molar-refractivity contribution in [1.82, 2.24) is 15.3 Å². The Morgan fingerprint density at radius 2 is 1.84 bits per heavy atom. The summed E-state index contributed by atoms with van der Waals surface area (Å²) in [5.41, 5.74) is 2.89. The Bertz CT molecular complexity index is 1150. The van der Waals surface area contributed by atoms with E-state index in [2.05, 4.69) is 25.5 Å². The topological polar surface area (TPSA) is 92.5 Å². The van der Waals surface area contributed by atoms with Crippen LogP contribution in [-0.4, -0.2) is 48.2 Å². The molecule has 0 aliphatic carbocycles. The number of anilines is 2. The van der Waals surface area contributed by atoms with E-state index >= 15 is 0 Å². The quantitative estimate of drug-likeness (QED) is 0.415. The summed E-state index contributed by atoms with van der Waals surface area (Å²) in [6, 6.07) is 21.5. The van der Waals surface area contributed by atoms with Crippen LogP contribution in [0.2, 0.25) is 0 Å². The second kappa shape index (κ2) is 8.97. The highest BCUT2D eigenvalue weighted by Gasteiger charge is 2.28. The highest BCUT2D eigenvalue weighted by molar-refractivity contribution is 5.94. The zero-order valence-corrected chi connectivity index (χ0v) is 17.4. The number of pyridine rings is 1. The van der Waals surface area contributed by atoms with E-state index < -0.39 is 0 Å². The van der Waals surface area contributed by atoms with Gasteiger partial charge in [-0.25, -0.2) is 4.98 Å². The van der Waals surface area contributed by atoms with E-state index in [9.17, 15) is 4.79 Å². The number of carbonyl (C=O) groups excluding carboxylic acids is 1. The molecule has 2 aromatic carbocycles. The van der Waals surface area contributed by atoms with E-state index in [4.69, 9.17) is 9.15 Å². The van der Waals surface area contributed by atoms with Gasteiger partial charge in [0, 0.05) is 30.5 Å². The maximum atomic E-state index is 12.4. The number of rotatable bonds is 8. The van der Waals surface area contributed by atoms with Gasteiger partial charge in [-0.3, -0.25) is 4.79 Å². The Labute approximate surface area is 185 Å². The summed E-state index contributed by atoms with van der Waals surface area (Å²) in [6.45, 7) is 2.60. The summed E-state index contributed by atoms with van der Waals surface area (Å²) >= 11 is 0. The van der Waals surface area contributed by atoms with Crippen LogP contribution in [0.25, 0.3) is 11.2 Å². The van der Waals surface area contributed by atoms with Crippen LogP contribution < -0.4 is 20.3 Å². The second-order valence-electron chi connectivity index (χ2n) is 7.53. The first-order valence-electron chi connectivity index (χ1n) is 10.5. The molecule has 0 bridgehead atoms. The average Bonchev–Trinajstić information content (AvgIpc) is 3.22. The van der Waals surface area contributed by atoms with Gasteiger partial charge in [0.25, 0.3) is 11.9 Å². The largest absolute Gasteiger partial charge is 0.487 e. The Kier molecular flexibility index (Phi) is 5.57. The van der Waals surface area contributed by atoms with Crippen molar-refractivity contribution in [1.29, 1.82) is 0 Å². The number of carbonyl (C=O) groups is 1. The van der Waals surface area contributed by atoms with Crippen LogP contribution in [0.3, 0.4) is 0 Å². The molecule has 2 N–H and O–H groups in total. The Hall–Kier alpha value is -4.07. The molecule has 5 rings (SSSR count). The second-order valence-corrected chi connectivity index (χ2v) is 7.53. The van der Waals surface area contributed by atoms with Crippen LogP contribution in [-0.2, 0) is 0 Å². The van der Waals surface area contributed by atoms with E-state index in [1.54, 1.807) is 12.3 Å². The van der Waals surface area contributed by atoms with Crippen molar-refractivity contribution in [2.24, 2.45) is 0 Å². The van der Waals surface area contributed by atoms with E-state index in [1.807, 2.05) is 60.7 Å². The number of aromatic nitrogens is 2. The van der Waals surface area contributed by atoms with Gasteiger partial charge in [-0.1, -0.05) is 18.2 Å². The van der Waals surface area contributed by atoms with Crippen molar-refractivity contribution in [3.8, 4) is 5.75 Å². The molecule has 4 aromatic rings. The molecule has 1 saturated heterocycles. The molecule has 32 heavy (non-hydrogen) atoms. The predicted octanol–water partition coefficient (Wildman–Crippen LogP) is 3.33. The summed E-state index contributed by atoms with van der Waals surface area (Å²) in [6.07, 6.45) is 1.85. The van der Waals surface area contributed by atoms with Crippen LogP contribution in [0.1, 0.15) is 10.4 Å². The van der Waals surface area contributed by atoms with Gasteiger partial charge in [-0.05, 0) is 48.5 Å². The lowest BCUT2D eigenvalue weighted by atomic mass is 10.1. The van der Waals surface area contributed by atoms with Crippen LogP contribution in [0, 0.1) is 0 Å². The number of amides is 1. The molecule has 1 amide bonds. The fourth-order valence-electron chi connectivity index (χ4n) is 3.53. The highest BCUT2D eigenvalue weighted by Crippen LogP contribution is 2.24. The van der Waals surface area contributed by atoms with Crippen molar-refractivity contribution in [3.63, 3.8) is 0 Å². The standard InChI is InChI=1S/C24H23N5O3/c30-23(26-13-14-27-24-28-22-21(32-24)7-4-12-25-22)17-8-10-18(11-9-17)29-15-20(16-29)31-19-5-2-1-3-6-19/h1-12,20H,13-16H2,(H,26,30)(H,25,27,28). The number of para-hydroxylation sites is 1. The first kappa shape index (κ1) is 19.9. The number of fused-ring (bicyclic) bond motifs is 1. The lowest BCUT2D eigenvalue weighted by Gasteiger charge is -2.40. The molecule has 1 aliphatic rings. The minimum Gasteiger partial charge on any atom is -0.487 e. The Balaban J connectivity index is 1.05. The van der Waals surface area contributed by atoms with Gasteiger partial charge in [0.2, 0.25) is 5.65 Å². The predicted molar refractivity (Wildman–Crippen MR) is 122 cm³/mol. The molecule has 162 valence electrons. The maximum absolute atomic E-state index is 12.4. The third-order valence-corrected chi connectivity index (χ3v) is 5.24. The summed E-state index contributed by atoms with van der Waals surface area (Å²) in [4.78, 5) is 23.0. The monoisotopic (exact) mass is 429 g/mol. The van der Waals surface area contributed by atoms with Gasteiger partial charge >= 0.3 is 0 Å². The lowest BCUT2D eigenvalue weighted by Crippen LogP contribution is -2.54. The minimum atomic E-state index is -0.119. The Morgan fingerprint density at radius 1 is 1.03 bits per heavy atom. The van der Waals surface area contributed by atoms with Crippen molar-refractivity contribution < 1.29 is 13.9 Å². The van der Waals surface area contributed by atoms with Crippen molar-refractivity contribution in [2.45, 2.75) is 6.10 Å². The first-order chi connectivity index (χ1) is 15.7. The van der Waals surface area contributed by atoms with Gasteiger partial charge in [0.15, 0.2) is 5.58 Å². The summed E-state index contributed by atoms with van der Waals surface area (Å²) in [5, 5.41) is 5.94. The average molecular weight is 429 g/mol. The molecule has 2 aromatic heterocycles. The van der Waals surface area contributed by atoms with Gasteiger partial charge in [-0.15, -0.1) is 0 Å². The molecule has 1 aliphatic heterocycles. The van der Waals surface area contributed by atoms with Crippen molar-refractivity contribution in [2.75, 3.05) is 36.4 Å². The normalized spacial score (nSPS) is 13.6. The number of oxazole rings is 1. The van der Waals surface area contributed by atoms with E-state index in [1.165, 1.54) is 0 Å². The van der Waals surface area contributed by atoms with E-state index in [0.717, 1.165) is 24.5 Å². The lowest BCUT2D eigenvalue weighted by molar-refractivity contribution is 0.0955. The number of hydrogen-bond acceptors (Lipinski definition) is 7. The zero-order chi connectivity index (χ0) is 21.8. The molecule has 0 saturated carbocycles. The molecule has 0 unspecified atom stereocenters. The smallest absolute Gasteiger partial charge is 0.297 e. The van der Waals surface area contributed by atoms with Gasteiger partial charge in [0.1, 0.15) is 11.9 Å². The van der Waals surface area contributed by atoms with E-state index in [-0.39, 0.29) is 12.0 Å². The molecule has 0 atom stereocenters. The van der Waals surface area contributed by atoms with E-state index in [0.29, 0.717) is 35.9 Å². The molecule has 3 heterocycles. The van der Waals surface area contributed by atoms with Gasteiger partial charge < -0.3 is 24.7 Å². The first-order valence-corrected chi connectivity index (χ1v) is 10.5. The third kappa shape index (κ3) is 4.49. The highest BCUT2D eigenvalue weighted by atomic mass is 16.5. The maximum Gasteiger partial charge on any atom is 0.297 e. The summed E-state index contributed by atoms with van der Waals surface area (Å²) < 4.78 is 11.5. The van der Waals surface area contributed by atoms with Crippen LogP contribution in [0.5, 0.6) is 5.75 Å². The van der Waals surface area contributed by atoms with Crippen molar-refractivity contribution in [3.05, 3.63) is 78.5 Å². The fraction of sp³-hybridized carbons (Fsp3) is 0.208. The minimum absolute atomic E-state index is 0.119. The number of nitrogens with zero attached hydrogens (tertiary/aromatic N) is 3. The molecule has 8 heteroatoms. The molecule has 0 radical (unpaired) electrons. The van der Waals surface area contributed by atoms with Crippen LogP contribution >= 0.6 is 0 Å².